The molecule has 0 radical (unpaired) electrons. The molecule has 1 aromatic rings. The maximum Gasteiger partial charge on any atom is 0.315 e. The Kier molecular flexibility index (Phi) is 8.11. The molecular formula is C20H28N4O3. The van der Waals surface area contributed by atoms with Crippen molar-refractivity contribution in [3.63, 3.8) is 0 Å². The molecule has 0 saturated carbocycles. The lowest BCUT2D eigenvalue weighted by Crippen LogP contribution is -2.57. The topological polar surface area (TPSA) is 93.7 Å². The van der Waals surface area contributed by atoms with Crippen LogP contribution in [0.2, 0.25) is 0 Å². The van der Waals surface area contributed by atoms with Crippen LogP contribution in [-0.2, 0) is 11.3 Å². The lowest BCUT2D eigenvalue weighted by atomic mass is 10.0. The highest BCUT2D eigenvalue weighted by Gasteiger charge is 2.27. The van der Waals surface area contributed by atoms with Crippen LogP contribution < -0.4 is 16.0 Å². The van der Waals surface area contributed by atoms with E-state index in [1.807, 2.05) is 18.2 Å². The Hall–Kier alpha value is -2.56. The third kappa shape index (κ3) is 6.93. The summed E-state index contributed by atoms with van der Waals surface area (Å²) < 4.78 is 0. The monoisotopic (exact) mass is 372 g/mol. The smallest absolute Gasteiger partial charge is 0.315 e. The number of carbonyl (C=O) groups is 2. The molecule has 2 rings (SSSR count). The van der Waals surface area contributed by atoms with Crippen LogP contribution in [0.1, 0.15) is 25.3 Å². The van der Waals surface area contributed by atoms with Crippen molar-refractivity contribution in [3.8, 4) is 12.3 Å². The molecule has 1 aliphatic rings. The highest BCUT2D eigenvalue weighted by atomic mass is 16.3. The maximum absolute atomic E-state index is 12.2. The van der Waals surface area contributed by atoms with Crippen LogP contribution in [0.5, 0.6) is 0 Å². The molecule has 1 aliphatic heterocycles. The van der Waals surface area contributed by atoms with E-state index in [0.29, 0.717) is 0 Å². The molecule has 1 aromatic carbocycles. The fourth-order valence-electron chi connectivity index (χ4n) is 3.10. The molecule has 4 N–H and O–H groups in total. The molecule has 0 unspecified atom stereocenters. The Labute approximate surface area is 160 Å². The number of amides is 3. The van der Waals surface area contributed by atoms with Gasteiger partial charge in [0.25, 0.3) is 0 Å². The standard InChI is InChI=1S/C20H28N4O3/c1-3-11-21-19(26)18(15(2)25)23-20(27)22-17-9-12-24(13-10-17)14-16-7-5-4-6-8-16/h1,4-8,15,17-18,25H,9-14H2,2H3,(H,21,26)(H2,22,23,27)/t15-,18+/m1/s1. The van der Waals surface area contributed by atoms with Crippen LogP contribution in [0.15, 0.2) is 30.3 Å². The first-order valence-corrected chi connectivity index (χ1v) is 9.22. The Bertz CT molecular complexity index is 649. The molecule has 0 bridgehead atoms. The molecule has 27 heavy (non-hydrogen) atoms. The van der Waals surface area contributed by atoms with Crippen molar-refractivity contribution in [2.45, 2.75) is 44.5 Å². The number of piperidine rings is 1. The van der Waals surface area contributed by atoms with Gasteiger partial charge in [-0.15, -0.1) is 6.42 Å². The van der Waals surface area contributed by atoms with E-state index in [4.69, 9.17) is 6.42 Å². The number of rotatable bonds is 7. The Morgan fingerprint density at radius 1 is 1.30 bits per heavy atom. The number of benzene rings is 1. The van der Waals surface area contributed by atoms with Crippen LogP contribution in [0, 0.1) is 12.3 Å². The van der Waals surface area contributed by atoms with E-state index in [2.05, 4.69) is 38.9 Å². The molecule has 1 heterocycles. The Morgan fingerprint density at radius 3 is 2.56 bits per heavy atom. The molecular weight excluding hydrogens is 344 g/mol. The summed E-state index contributed by atoms with van der Waals surface area (Å²) >= 11 is 0. The number of likely N-dealkylation sites (tertiary alicyclic amines) is 1. The number of nitrogens with one attached hydrogen (secondary N) is 3. The highest BCUT2D eigenvalue weighted by molar-refractivity contribution is 5.87. The first-order valence-electron chi connectivity index (χ1n) is 9.22. The van der Waals surface area contributed by atoms with E-state index in [0.717, 1.165) is 32.5 Å². The minimum atomic E-state index is -1.04. The zero-order chi connectivity index (χ0) is 19.6. The summed E-state index contributed by atoms with van der Waals surface area (Å²) in [5.74, 6) is 1.78. The predicted molar refractivity (Wildman–Crippen MR) is 104 cm³/mol. The summed E-state index contributed by atoms with van der Waals surface area (Å²) in [4.78, 5) is 26.5. The van der Waals surface area contributed by atoms with E-state index in [9.17, 15) is 14.7 Å². The van der Waals surface area contributed by atoms with E-state index in [-0.39, 0.29) is 12.6 Å². The minimum Gasteiger partial charge on any atom is -0.391 e. The van der Waals surface area contributed by atoms with Gasteiger partial charge < -0.3 is 21.1 Å². The molecule has 0 spiro atoms. The van der Waals surface area contributed by atoms with E-state index >= 15 is 0 Å². The molecule has 3 amide bonds. The van der Waals surface area contributed by atoms with Gasteiger partial charge in [0.15, 0.2) is 0 Å². The second kappa shape index (κ2) is 10.6. The fraction of sp³-hybridized carbons (Fsp3) is 0.500. The SMILES string of the molecule is C#CCNC(=O)[C@@H](NC(=O)NC1CCN(Cc2ccccc2)CC1)[C@@H](C)O. The molecule has 0 aromatic heterocycles. The predicted octanol–water partition coefficient (Wildman–Crippen LogP) is 0.449. The number of aliphatic hydroxyl groups excluding tert-OH is 1. The van der Waals surface area contributed by atoms with Crippen molar-refractivity contribution in [1.82, 2.24) is 20.9 Å². The number of nitrogens with zero attached hydrogens (tertiary/aromatic N) is 1. The number of aliphatic hydroxyl groups is 1. The van der Waals surface area contributed by atoms with E-state index in [1.54, 1.807) is 0 Å². The molecule has 1 fully saturated rings. The summed E-state index contributed by atoms with van der Waals surface area (Å²) in [5.41, 5.74) is 1.28. The van der Waals surface area contributed by atoms with Gasteiger partial charge in [0.1, 0.15) is 6.04 Å². The van der Waals surface area contributed by atoms with Gasteiger partial charge in [-0.25, -0.2) is 4.79 Å². The first-order chi connectivity index (χ1) is 13.0. The zero-order valence-electron chi connectivity index (χ0n) is 15.6. The van der Waals surface area contributed by atoms with Gasteiger partial charge in [-0.1, -0.05) is 36.3 Å². The summed E-state index contributed by atoms with van der Waals surface area (Å²) in [7, 11) is 0. The average molecular weight is 372 g/mol. The van der Waals surface area contributed by atoms with Crippen molar-refractivity contribution >= 4 is 11.9 Å². The van der Waals surface area contributed by atoms with Crippen molar-refractivity contribution in [2.24, 2.45) is 0 Å². The lowest BCUT2D eigenvalue weighted by Gasteiger charge is -2.32. The van der Waals surface area contributed by atoms with E-state index in [1.165, 1.54) is 12.5 Å². The molecule has 1 saturated heterocycles. The number of terminal acetylenes is 1. The zero-order valence-corrected chi connectivity index (χ0v) is 15.6. The summed E-state index contributed by atoms with van der Waals surface area (Å²) in [5, 5.41) is 17.6. The summed E-state index contributed by atoms with van der Waals surface area (Å²) in [6, 6.07) is 8.83. The highest BCUT2D eigenvalue weighted by Crippen LogP contribution is 2.13. The second-order valence-electron chi connectivity index (χ2n) is 6.79. The summed E-state index contributed by atoms with van der Waals surface area (Å²) in [6.07, 6.45) is 5.75. The largest absolute Gasteiger partial charge is 0.391 e. The molecule has 7 heteroatoms. The van der Waals surface area contributed by atoms with Crippen molar-refractivity contribution in [1.29, 1.82) is 0 Å². The maximum atomic E-state index is 12.2. The van der Waals surface area contributed by atoms with Gasteiger partial charge in [-0.3, -0.25) is 9.69 Å². The third-order valence-electron chi connectivity index (χ3n) is 4.59. The molecule has 7 nitrogen and oxygen atoms in total. The van der Waals surface area contributed by atoms with Gasteiger partial charge >= 0.3 is 6.03 Å². The van der Waals surface area contributed by atoms with Gasteiger partial charge in [0.2, 0.25) is 5.91 Å². The van der Waals surface area contributed by atoms with E-state index < -0.39 is 24.1 Å². The number of hydrogen-bond acceptors (Lipinski definition) is 4. The van der Waals surface area contributed by atoms with Gasteiger partial charge in [-0.2, -0.15) is 0 Å². The third-order valence-corrected chi connectivity index (χ3v) is 4.59. The van der Waals surface area contributed by atoms with Crippen LogP contribution in [-0.4, -0.2) is 59.8 Å². The van der Waals surface area contributed by atoms with Crippen molar-refractivity contribution < 1.29 is 14.7 Å². The summed E-state index contributed by atoms with van der Waals surface area (Å²) in [6.45, 7) is 4.18. The van der Waals surface area contributed by atoms with Crippen LogP contribution >= 0.6 is 0 Å². The van der Waals surface area contributed by atoms with Crippen LogP contribution in [0.4, 0.5) is 4.79 Å². The van der Waals surface area contributed by atoms with Gasteiger partial charge in [0.05, 0.1) is 12.6 Å². The first kappa shape index (κ1) is 20.7. The van der Waals surface area contributed by atoms with Crippen LogP contribution in [0.3, 0.4) is 0 Å². The number of hydrogen-bond donors (Lipinski definition) is 4. The van der Waals surface area contributed by atoms with Crippen molar-refractivity contribution in [2.75, 3.05) is 19.6 Å². The average Bonchev–Trinajstić information content (AvgIpc) is 2.66. The Morgan fingerprint density at radius 2 is 1.96 bits per heavy atom. The minimum absolute atomic E-state index is 0.0421. The number of urea groups is 1. The van der Waals surface area contributed by atoms with Crippen molar-refractivity contribution in [3.05, 3.63) is 35.9 Å². The van der Waals surface area contributed by atoms with Gasteiger partial charge in [0, 0.05) is 25.7 Å². The van der Waals surface area contributed by atoms with Crippen LogP contribution in [0.25, 0.3) is 0 Å². The normalized spacial score (nSPS) is 17.4. The second-order valence-corrected chi connectivity index (χ2v) is 6.79. The quantitative estimate of drug-likeness (QED) is 0.523. The Balaban J connectivity index is 1.76. The molecule has 2 atom stereocenters. The molecule has 146 valence electrons. The van der Waals surface area contributed by atoms with Gasteiger partial charge in [-0.05, 0) is 25.3 Å². The lowest BCUT2D eigenvalue weighted by molar-refractivity contribution is -0.124. The fourth-order valence-corrected chi connectivity index (χ4v) is 3.10. The number of carbonyl (C=O) groups excluding carboxylic acids is 2. The molecule has 0 aliphatic carbocycles.